The van der Waals surface area contributed by atoms with E-state index in [-0.39, 0.29) is 6.61 Å². The van der Waals surface area contributed by atoms with Crippen LogP contribution < -0.4 is 10.5 Å². The third-order valence-corrected chi connectivity index (χ3v) is 1.88. The van der Waals surface area contributed by atoms with Gasteiger partial charge in [0.25, 0.3) is 0 Å². The topological polar surface area (TPSA) is 55.5 Å². The van der Waals surface area contributed by atoms with Crippen molar-refractivity contribution in [1.29, 1.82) is 0 Å². The van der Waals surface area contributed by atoms with E-state index in [1.807, 2.05) is 0 Å². The van der Waals surface area contributed by atoms with Crippen molar-refractivity contribution in [2.75, 3.05) is 12.8 Å². The highest BCUT2D eigenvalue weighted by Gasteiger charge is 2.05. The highest BCUT2D eigenvalue weighted by atomic mass is 35.5. The number of nitrogen functional groups attached to an aromatic ring is 1. The van der Waals surface area contributed by atoms with Gasteiger partial charge in [-0.3, -0.25) is 0 Å². The summed E-state index contributed by atoms with van der Waals surface area (Å²) in [5.41, 5.74) is 6.65. The van der Waals surface area contributed by atoms with Crippen molar-refractivity contribution in [3.63, 3.8) is 0 Å². The Hall–Kier alpha value is -0.930. The summed E-state index contributed by atoms with van der Waals surface area (Å²) in [6, 6.07) is 3.18. The summed E-state index contributed by atoms with van der Waals surface area (Å²) in [5.74, 6) is 0.523. The van der Waals surface area contributed by atoms with Crippen molar-refractivity contribution in [3.05, 3.63) is 22.7 Å². The molecule has 0 spiro atoms. The van der Waals surface area contributed by atoms with Gasteiger partial charge in [0.1, 0.15) is 5.75 Å². The molecular formula is C8H10ClNO2. The van der Waals surface area contributed by atoms with Crippen LogP contribution in [0.25, 0.3) is 0 Å². The Bertz CT molecular complexity index is 263. The zero-order valence-electron chi connectivity index (χ0n) is 6.67. The van der Waals surface area contributed by atoms with Gasteiger partial charge in [-0.05, 0) is 12.1 Å². The maximum absolute atomic E-state index is 8.85. The Morgan fingerprint density at radius 1 is 1.58 bits per heavy atom. The number of methoxy groups -OCH3 is 1. The van der Waals surface area contributed by atoms with Crippen LogP contribution in [-0.2, 0) is 6.61 Å². The first-order valence-electron chi connectivity index (χ1n) is 3.41. The second-order valence-corrected chi connectivity index (χ2v) is 2.75. The van der Waals surface area contributed by atoms with Gasteiger partial charge in [-0.2, -0.15) is 0 Å². The van der Waals surface area contributed by atoms with Crippen LogP contribution in [0.5, 0.6) is 5.75 Å². The predicted molar refractivity (Wildman–Crippen MR) is 48.3 cm³/mol. The molecule has 0 saturated carbocycles. The zero-order chi connectivity index (χ0) is 9.14. The molecule has 0 aromatic heterocycles. The van der Waals surface area contributed by atoms with Gasteiger partial charge in [-0.25, -0.2) is 0 Å². The van der Waals surface area contributed by atoms with Crippen LogP contribution in [0.4, 0.5) is 5.69 Å². The molecule has 66 valence electrons. The molecule has 0 heterocycles. The summed E-state index contributed by atoms with van der Waals surface area (Å²) in [4.78, 5) is 0. The Labute approximate surface area is 75.7 Å². The van der Waals surface area contributed by atoms with Crippen molar-refractivity contribution in [1.82, 2.24) is 0 Å². The van der Waals surface area contributed by atoms with Crippen molar-refractivity contribution in [3.8, 4) is 5.75 Å². The van der Waals surface area contributed by atoms with Crippen LogP contribution in [0, 0.1) is 0 Å². The fraction of sp³-hybridized carbons (Fsp3) is 0.250. The second kappa shape index (κ2) is 3.65. The highest BCUT2D eigenvalue weighted by Crippen LogP contribution is 2.29. The Balaban J connectivity index is 3.18. The molecule has 0 atom stereocenters. The monoisotopic (exact) mass is 187 g/mol. The van der Waals surface area contributed by atoms with E-state index >= 15 is 0 Å². The molecule has 1 rings (SSSR count). The molecule has 0 aliphatic rings. The molecular weight excluding hydrogens is 178 g/mol. The zero-order valence-corrected chi connectivity index (χ0v) is 7.43. The molecule has 0 saturated heterocycles. The summed E-state index contributed by atoms with van der Waals surface area (Å²) in [5, 5.41) is 9.30. The number of anilines is 1. The molecule has 1 aromatic carbocycles. The number of rotatable bonds is 2. The van der Waals surface area contributed by atoms with Crippen LogP contribution in [0.15, 0.2) is 12.1 Å². The van der Waals surface area contributed by atoms with Crippen LogP contribution in [0.3, 0.4) is 0 Å². The summed E-state index contributed by atoms with van der Waals surface area (Å²) < 4.78 is 4.94. The molecule has 4 heteroatoms. The van der Waals surface area contributed by atoms with Crippen LogP contribution in [0.2, 0.25) is 5.02 Å². The number of halogens is 1. The van der Waals surface area contributed by atoms with Crippen LogP contribution in [-0.4, -0.2) is 12.2 Å². The van der Waals surface area contributed by atoms with Crippen molar-refractivity contribution >= 4 is 17.3 Å². The molecule has 1 aromatic rings. The molecule has 3 nitrogen and oxygen atoms in total. The lowest BCUT2D eigenvalue weighted by Crippen LogP contribution is -1.95. The van der Waals surface area contributed by atoms with Crippen molar-refractivity contribution in [2.45, 2.75) is 6.61 Å². The van der Waals surface area contributed by atoms with E-state index in [0.717, 1.165) is 0 Å². The standard InChI is InChI=1S/C8H10ClNO2/c1-12-8-2-5(4-11)7(10)3-6(8)9/h2-3,11H,4,10H2,1H3. The largest absolute Gasteiger partial charge is 0.495 e. The lowest BCUT2D eigenvalue weighted by Gasteiger charge is -2.07. The van der Waals surface area contributed by atoms with Gasteiger partial charge >= 0.3 is 0 Å². The first-order valence-corrected chi connectivity index (χ1v) is 3.79. The van der Waals surface area contributed by atoms with E-state index in [9.17, 15) is 0 Å². The van der Waals surface area contributed by atoms with Crippen molar-refractivity contribution < 1.29 is 9.84 Å². The average Bonchev–Trinajstić information content (AvgIpc) is 2.05. The number of hydrogen-bond donors (Lipinski definition) is 2. The van der Waals surface area contributed by atoms with Gasteiger partial charge in [0.05, 0.1) is 18.7 Å². The summed E-state index contributed by atoms with van der Waals surface area (Å²) in [6.07, 6.45) is 0. The minimum absolute atomic E-state index is 0.112. The first kappa shape index (κ1) is 9.16. The van der Waals surface area contributed by atoms with Crippen molar-refractivity contribution in [2.24, 2.45) is 0 Å². The molecule has 0 fully saturated rings. The smallest absolute Gasteiger partial charge is 0.137 e. The average molecular weight is 188 g/mol. The number of benzene rings is 1. The lowest BCUT2D eigenvalue weighted by atomic mass is 10.2. The van der Waals surface area contributed by atoms with E-state index in [1.54, 1.807) is 12.1 Å². The molecule has 0 aliphatic heterocycles. The van der Waals surface area contributed by atoms with Gasteiger partial charge in [0.2, 0.25) is 0 Å². The number of ether oxygens (including phenoxy) is 1. The van der Waals surface area contributed by atoms with E-state index in [4.69, 9.17) is 27.2 Å². The minimum Gasteiger partial charge on any atom is -0.495 e. The molecule has 0 unspecified atom stereocenters. The number of aliphatic hydroxyl groups excluding tert-OH is 1. The number of nitrogens with two attached hydrogens (primary N) is 1. The van der Waals surface area contributed by atoms with Gasteiger partial charge in [-0.1, -0.05) is 11.6 Å². The Kier molecular flexibility index (Phi) is 2.78. The Morgan fingerprint density at radius 2 is 2.25 bits per heavy atom. The van der Waals surface area contributed by atoms with Gasteiger partial charge < -0.3 is 15.6 Å². The van der Waals surface area contributed by atoms with Gasteiger partial charge in [0.15, 0.2) is 0 Å². The Morgan fingerprint density at radius 3 is 2.75 bits per heavy atom. The highest BCUT2D eigenvalue weighted by molar-refractivity contribution is 6.32. The third-order valence-electron chi connectivity index (χ3n) is 1.58. The summed E-state index contributed by atoms with van der Waals surface area (Å²) in [6.45, 7) is -0.112. The number of aliphatic hydroxyl groups is 1. The summed E-state index contributed by atoms with van der Waals surface area (Å²) >= 11 is 5.77. The van der Waals surface area contributed by atoms with E-state index < -0.39 is 0 Å². The van der Waals surface area contributed by atoms with E-state index in [2.05, 4.69) is 0 Å². The molecule has 0 aliphatic carbocycles. The van der Waals surface area contributed by atoms with Crippen LogP contribution in [0.1, 0.15) is 5.56 Å². The molecule has 3 N–H and O–H groups in total. The van der Waals surface area contributed by atoms with Crippen LogP contribution >= 0.6 is 11.6 Å². The molecule has 0 amide bonds. The first-order chi connectivity index (χ1) is 5.69. The molecule has 12 heavy (non-hydrogen) atoms. The third kappa shape index (κ3) is 1.62. The fourth-order valence-corrected chi connectivity index (χ4v) is 1.15. The predicted octanol–water partition coefficient (Wildman–Crippen LogP) is 1.42. The fourth-order valence-electron chi connectivity index (χ4n) is 0.904. The normalized spacial score (nSPS) is 9.92. The maximum atomic E-state index is 8.85. The quantitative estimate of drug-likeness (QED) is 0.689. The maximum Gasteiger partial charge on any atom is 0.137 e. The second-order valence-electron chi connectivity index (χ2n) is 2.34. The SMILES string of the molecule is COc1cc(CO)c(N)cc1Cl. The van der Waals surface area contributed by atoms with E-state index in [1.165, 1.54) is 7.11 Å². The lowest BCUT2D eigenvalue weighted by molar-refractivity contribution is 0.281. The van der Waals surface area contributed by atoms with Gasteiger partial charge in [0, 0.05) is 11.3 Å². The summed E-state index contributed by atoms with van der Waals surface area (Å²) in [7, 11) is 1.51. The molecule has 0 bridgehead atoms. The minimum atomic E-state index is -0.112. The van der Waals surface area contributed by atoms with Gasteiger partial charge in [-0.15, -0.1) is 0 Å². The van der Waals surface area contributed by atoms with E-state index in [0.29, 0.717) is 22.0 Å². The number of hydrogen-bond acceptors (Lipinski definition) is 3. The molecule has 0 radical (unpaired) electrons.